The molecule has 3 aliphatic rings. The molecule has 1 fully saturated rings. The molecule has 1 N–H and O–H groups in total. The molecule has 1 atom stereocenters. The molecule has 0 radical (unpaired) electrons. The predicted molar refractivity (Wildman–Crippen MR) is 97.7 cm³/mol. The second-order valence-corrected chi connectivity index (χ2v) is 6.75. The standard InChI is InChI=1S/C20H20N2O5/c23-20(21-14-4-6-17-19(11-14)27-12-26-17)22-7-1-2-15(22)13-3-5-16-18(10-13)25-9-8-24-16/h3-6,10-11,15H,1-2,7-9,12H2,(H,21,23)/t15-/m0/s1. The second-order valence-electron chi connectivity index (χ2n) is 6.75. The summed E-state index contributed by atoms with van der Waals surface area (Å²) in [7, 11) is 0. The molecule has 0 spiro atoms. The molecule has 0 bridgehead atoms. The minimum absolute atomic E-state index is 0.0230. The maximum Gasteiger partial charge on any atom is 0.322 e. The zero-order valence-corrected chi connectivity index (χ0v) is 14.8. The van der Waals surface area contributed by atoms with Crippen LogP contribution in [0.1, 0.15) is 24.4 Å². The Morgan fingerprint density at radius 2 is 1.67 bits per heavy atom. The number of benzene rings is 2. The monoisotopic (exact) mass is 368 g/mol. The van der Waals surface area contributed by atoms with Gasteiger partial charge in [-0.15, -0.1) is 0 Å². The van der Waals surface area contributed by atoms with Gasteiger partial charge in [-0.1, -0.05) is 6.07 Å². The van der Waals surface area contributed by atoms with Crippen LogP contribution in [-0.2, 0) is 0 Å². The number of urea groups is 1. The van der Waals surface area contributed by atoms with Gasteiger partial charge < -0.3 is 29.2 Å². The summed E-state index contributed by atoms with van der Waals surface area (Å²) in [5.41, 5.74) is 1.76. The highest BCUT2D eigenvalue weighted by Crippen LogP contribution is 2.39. The third-order valence-corrected chi connectivity index (χ3v) is 5.09. The van der Waals surface area contributed by atoms with E-state index in [-0.39, 0.29) is 18.9 Å². The molecule has 2 aromatic rings. The van der Waals surface area contributed by atoms with Crippen LogP contribution >= 0.6 is 0 Å². The third-order valence-electron chi connectivity index (χ3n) is 5.09. The zero-order chi connectivity index (χ0) is 18.2. The average molecular weight is 368 g/mol. The van der Waals surface area contributed by atoms with Crippen molar-refractivity contribution in [1.29, 1.82) is 0 Å². The minimum Gasteiger partial charge on any atom is -0.486 e. The van der Waals surface area contributed by atoms with Crippen LogP contribution in [0.2, 0.25) is 0 Å². The van der Waals surface area contributed by atoms with Crippen molar-refractivity contribution in [3.05, 3.63) is 42.0 Å². The lowest BCUT2D eigenvalue weighted by molar-refractivity contribution is 0.170. The Balaban J connectivity index is 1.34. The first-order valence-electron chi connectivity index (χ1n) is 9.15. The van der Waals surface area contributed by atoms with Gasteiger partial charge in [0.2, 0.25) is 6.79 Å². The SMILES string of the molecule is O=C(Nc1ccc2c(c1)OCO2)N1CCC[C@H]1c1ccc2c(c1)OCCO2. The minimum atomic E-state index is -0.119. The summed E-state index contributed by atoms with van der Waals surface area (Å²) >= 11 is 0. The quantitative estimate of drug-likeness (QED) is 0.878. The van der Waals surface area contributed by atoms with Gasteiger partial charge >= 0.3 is 6.03 Å². The number of nitrogens with one attached hydrogen (secondary N) is 1. The van der Waals surface area contributed by atoms with Crippen molar-refractivity contribution in [2.24, 2.45) is 0 Å². The summed E-state index contributed by atoms with van der Waals surface area (Å²) in [6, 6.07) is 11.3. The summed E-state index contributed by atoms with van der Waals surface area (Å²) in [5, 5.41) is 2.97. The number of carbonyl (C=O) groups is 1. The highest BCUT2D eigenvalue weighted by molar-refractivity contribution is 5.90. The lowest BCUT2D eigenvalue weighted by atomic mass is 10.0. The van der Waals surface area contributed by atoms with Gasteiger partial charge in [0.25, 0.3) is 0 Å². The Morgan fingerprint density at radius 3 is 2.59 bits per heavy atom. The van der Waals surface area contributed by atoms with E-state index in [2.05, 4.69) is 5.32 Å². The van der Waals surface area contributed by atoms with Crippen LogP contribution in [-0.4, -0.2) is 37.5 Å². The van der Waals surface area contributed by atoms with E-state index in [1.807, 2.05) is 29.2 Å². The molecule has 7 nitrogen and oxygen atoms in total. The number of amides is 2. The number of rotatable bonds is 2. The maximum absolute atomic E-state index is 12.9. The number of fused-ring (bicyclic) bond motifs is 2. The van der Waals surface area contributed by atoms with E-state index in [1.54, 1.807) is 12.1 Å². The van der Waals surface area contributed by atoms with Crippen LogP contribution < -0.4 is 24.3 Å². The van der Waals surface area contributed by atoms with Gasteiger partial charge in [0, 0.05) is 18.3 Å². The number of ether oxygens (including phenoxy) is 4. The van der Waals surface area contributed by atoms with Gasteiger partial charge in [0.15, 0.2) is 23.0 Å². The molecule has 0 aliphatic carbocycles. The topological polar surface area (TPSA) is 69.3 Å². The van der Waals surface area contributed by atoms with Crippen molar-refractivity contribution in [1.82, 2.24) is 4.90 Å². The molecule has 7 heteroatoms. The molecule has 2 aromatic carbocycles. The summed E-state index contributed by atoms with van der Waals surface area (Å²) < 4.78 is 22.0. The highest BCUT2D eigenvalue weighted by Gasteiger charge is 2.31. The van der Waals surface area contributed by atoms with Crippen molar-refractivity contribution >= 4 is 11.7 Å². The molecule has 3 heterocycles. The predicted octanol–water partition coefficient (Wildman–Crippen LogP) is 3.56. The van der Waals surface area contributed by atoms with Gasteiger partial charge in [-0.2, -0.15) is 0 Å². The van der Waals surface area contributed by atoms with Crippen LogP contribution in [0.15, 0.2) is 36.4 Å². The Hall–Kier alpha value is -3.09. The lowest BCUT2D eigenvalue weighted by Crippen LogP contribution is -2.34. The lowest BCUT2D eigenvalue weighted by Gasteiger charge is -2.27. The van der Waals surface area contributed by atoms with Crippen molar-refractivity contribution in [2.45, 2.75) is 18.9 Å². The number of hydrogen-bond donors (Lipinski definition) is 1. The number of likely N-dealkylation sites (tertiary alicyclic amines) is 1. The van der Waals surface area contributed by atoms with Crippen molar-refractivity contribution in [3.8, 4) is 23.0 Å². The van der Waals surface area contributed by atoms with Gasteiger partial charge in [-0.25, -0.2) is 4.79 Å². The normalized spacial score (nSPS) is 19.9. The summed E-state index contributed by atoms with van der Waals surface area (Å²) in [6.45, 7) is 2.05. The van der Waals surface area contributed by atoms with Gasteiger partial charge in [0.1, 0.15) is 13.2 Å². The summed E-state index contributed by atoms with van der Waals surface area (Å²) in [5.74, 6) is 2.86. The van der Waals surface area contributed by atoms with E-state index in [9.17, 15) is 4.79 Å². The highest BCUT2D eigenvalue weighted by atomic mass is 16.7. The molecule has 5 rings (SSSR count). The molecule has 2 amide bonds. The van der Waals surface area contributed by atoms with Crippen molar-refractivity contribution in [2.75, 3.05) is 31.9 Å². The van der Waals surface area contributed by atoms with Crippen molar-refractivity contribution in [3.63, 3.8) is 0 Å². The maximum atomic E-state index is 12.9. The molecule has 1 saturated heterocycles. The zero-order valence-electron chi connectivity index (χ0n) is 14.8. The van der Waals surface area contributed by atoms with E-state index in [0.717, 1.165) is 36.4 Å². The van der Waals surface area contributed by atoms with E-state index >= 15 is 0 Å². The van der Waals surface area contributed by atoms with Gasteiger partial charge in [-0.05, 0) is 42.7 Å². The first-order chi connectivity index (χ1) is 13.3. The van der Waals surface area contributed by atoms with Crippen LogP contribution in [0, 0.1) is 0 Å². The molecular formula is C20H20N2O5. The number of carbonyl (C=O) groups excluding carboxylic acids is 1. The number of anilines is 1. The fourth-order valence-electron chi connectivity index (χ4n) is 3.79. The molecule has 0 aromatic heterocycles. The fourth-order valence-corrected chi connectivity index (χ4v) is 3.79. The van der Waals surface area contributed by atoms with Crippen molar-refractivity contribution < 1.29 is 23.7 Å². The first-order valence-corrected chi connectivity index (χ1v) is 9.15. The van der Waals surface area contributed by atoms with Gasteiger partial charge in [-0.3, -0.25) is 0 Å². The van der Waals surface area contributed by atoms with Crippen LogP contribution in [0.4, 0.5) is 10.5 Å². The molecular weight excluding hydrogens is 348 g/mol. The average Bonchev–Trinajstić information content (AvgIpc) is 3.36. The Bertz CT molecular complexity index is 885. The first kappa shape index (κ1) is 16.1. The molecule has 140 valence electrons. The Morgan fingerprint density at radius 1 is 0.926 bits per heavy atom. The molecule has 0 unspecified atom stereocenters. The largest absolute Gasteiger partial charge is 0.486 e. The molecule has 27 heavy (non-hydrogen) atoms. The Labute approximate surface area is 156 Å². The van der Waals surface area contributed by atoms with E-state index in [4.69, 9.17) is 18.9 Å². The number of nitrogens with zero attached hydrogens (tertiary/aromatic N) is 1. The smallest absolute Gasteiger partial charge is 0.322 e. The van der Waals surface area contributed by atoms with E-state index < -0.39 is 0 Å². The van der Waals surface area contributed by atoms with Crippen LogP contribution in [0.5, 0.6) is 23.0 Å². The van der Waals surface area contributed by atoms with E-state index in [1.165, 1.54) is 0 Å². The number of hydrogen-bond acceptors (Lipinski definition) is 5. The summed E-state index contributed by atoms with van der Waals surface area (Å²) in [6.07, 6.45) is 1.89. The van der Waals surface area contributed by atoms with Crippen LogP contribution in [0.3, 0.4) is 0 Å². The second kappa shape index (κ2) is 6.57. The van der Waals surface area contributed by atoms with Crippen LogP contribution in [0.25, 0.3) is 0 Å². The molecule has 3 aliphatic heterocycles. The summed E-state index contributed by atoms with van der Waals surface area (Å²) in [4.78, 5) is 14.7. The fraction of sp³-hybridized carbons (Fsp3) is 0.350. The van der Waals surface area contributed by atoms with E-state index in [0.29, 0.717) is 30.4 Å². The third kappa shape index (κ3) is 2.99. The Kier molecular flexibility index (Phi) is 3.92. The van der Waals surface area contributed by atoms with Gasteiger partial charge in [0.05, 0.1) is 6.04 Å². The molecule has 0 saturated carbocycles.